The maximum atomic E-state index is 14.1. The van der Waals surface area contributed by atoms with E-state index in [2.05, 4.69) is 20.4 Å². The molecule has 1 saturated carbocycles. The number of fused-ring (bicyclic) bond motifs is 1. The van der Waals surface area contributed by atoms with Gasteiger partial charge in [0.1, 0.15) is 29.4 Å². The molecule has 4 aromatic rings. The summed E-state index contributed by atoms with van der Waals surface area (Å²) in [6.07, 6.45) is 5.23. The van der Waals surface area contributed by atoms with E-state index < -0.39 is 23.0 Å². The van der Waals surface area contributed by atoms with Gasteiger partial charge in [-0.15, -0.1) is 0 Å². The third kappa shape index (κ3) is 4.14. The van der Waals surface area contributed by atoms with Crippen molar-refractivity contribution in [2.75, 3.05) is 4.90 Å². The van der Waals surface area contributed by atoms with Crippen molar-refractivity contribution in [3.63, 3.8) is 0 Å². The standard InChI is InChI=1S/C26H21Cl2N7O4/c1-25(11-15-2-4-18(5-3-15)33-14-29-13-31-33)22(37)34(19-9-16(27)8-17(28)10-19)24-30-12-20(35(24)25)21(36)32-26(6-7-26)23(38)39/h2-5,8-10,12-14H,6-7,11H2,1H3,(H,32,36)(H,38,39)/t25-/m1/s1. The first kappa shape index (κ1) is 25.1. The number of anilines is 2. The van der Waals surface area contributed by atoms with Crippen LogP contribution in [0.5, 0.6) is 0 Å². The van der Waals surface area contributed by atoms with Crippen molar-refractivity contribution in [2.45, 2.75) is 37.3 Å². The molecule has 1 fully saturated rings. The minimum atomic E-state index is -1.31. The molecule has 2 amide bonds. The maximum absolute atomic E-state index is 14.1. The molecule has 198 valence electrons. The van der Waals surface area contributed by atoms with Gasteiger partial charge >= 0.3 is 5.97 Å². The van der Waals surface area contributed by atoms with E-state index >= 15 is 0 Å². The molecule has 0 saturated heterocycles. The van der Waals surface area contributed by atoms with Crippen LogP contribution in [0.15, 0.2) is 61.3 Å². The van der Waals surface area contributed by atoms with Crippen LogP contribution in [-0.2, 0) is 21.5 Å². The molecule has 6 rings (SSSR count). The Bertz CT molecular complexity index is 1610. The number of carbonyl (C=O) groups excluding carboxylic acids is 2. The van der Waals surface area contributed by atoms with E-state index in [1.54, 1.807) is 40.7 Å². The smallest absolute Gasteiger partial charge is 0.329 e. The minimum Gasteiger partial charge on any atom is -0.480 e. The molecule has 0 bridgehead atoms. The molecule has 3 heterocycles. The van der Waals surface area contributed by atoms with Crippen LogP contribution in [0.4, 0.5) is 11.6 Å². The summed E-state index contributed by atoms with van der Waals surface area (Å²) in [6.45, 7) is 1.72. The zero-order valence-corrected chi connectivity index (χ0v) is 22.0. The Hall–Kier alpha value is -4.22. The molecular formula is C26H21Cl2N7O4. The molecule has 0 radical (unpaired) electrons. The SMILES string of the molecule is C[C@@]1(Cc2ccc(-n3cncn3)cc2)C(=O)N(c2cc(Cl)cc(Cl)c2)c2ncc(C(=O)NC3(C(=O)O)CC3)n21. The number of nitrogens with one attached hydrogen (secondary N) is 1. The van der Waals surface area contributed by atoms with Gasteiger partial charge in [-0.25, -0.2) is 24.3 Å². The molecule has 2 aliphatic rings. The van der Waals surface area contributed by atoms with Crippen LogP contribution in [0.2, 0.25) is 10.0 Å². The highest BCUT2D eigenvalue weighted by atomic mass is 35.5. The van der Waals surface area contributed by atoms with E-state index in [0.29, 0.717) is 28.6 Å². The summed E-state index contributed by atoms with van der Waals surface area (Å²) < 4.78 is 3.17. The molecule has 1 aliphatic heterocycles. The van der Waals surface area contributed by atoms with Crippen molar-refractivity contribution < 1.29 is 19.5 Å². The van der Waals surface area contributed by atoms with Crippen LogP contribution >= 0.6 is 23.2 Å². The Morgan fingerprint density at radius 1 is 1.08 bits per heavy atom. The van der Waals surface area contributed by atoms with E-state index in [4.69, 9.17) is 23.2 Å². The van der Waals surface area contributed by atoms with Gasteiger partial charge in [0.05, 0.1) is 17.6 Å². The normalized spacial score (nSPS) is 19.2. The summed E-state index contributed by atoms with van der Waals surface area (Å²) in [7, 11) is 0. The molecule has 0 spiro atoms. The van der Waals surface area contributed by atoms with Gasteiger partial charge in [0.2, 0.25) is 5.95 Å². The van der Waals surface area contributed by atoms with Crippen LogP contribution in [-0.4, -0.2) is 52.7 Å². The van der Waals surface area contributed by atoms with Gasteiger partial charge in [0.25, 0.3) is 11.8 Å². The summed E-state index contributed by atoms with van der Waals surface area (Å²) in [5.74, 6) is -1.87. The van der Waals surface area contributed by atoms with Crippen molar-refractivity contribution in [1.82, 2.24) is 29.6 Å². The summed E-state index contributed by atoms with van der Waals surface area (Å²) in [5.41, 5.74) is -0.522. The number of carbonyl (C=O) groups is 3. The fraction of sp³-hybridized carbons (Fsp3) is 0.231. The number of imidazole rings is 1. The largest absolute Gasteiger partial charge is 0.480 e. The number of rotatable bonds is 7. The van der Waals surface area contributed by atoms with Crippen molar-refractivity contribution in [3.8, 4) is 5.69 Å². The lowest BCUT2D eigenvalue weighted by molar-refractivity contribution is -0.140. The predicted octanol–water partition coefficient (Wildman–Crippen LogP) is 3.75. The average Bonchev–Trinajstić information content (AvgIpc) is 3.22. The summed E-state index contributed by atoms with van der Waals surface area (Å²) in [4.78, 5) is 49.0. The Morgan fingerprint density at radius 3 is 2.36 bits per heavy atom. The van der Waals surface area contributed by atoms with E-state index in [0.717, 1.165) is 11.3 Å². The first-order valence-corrected chi connectivity index (χ1v) is 12.8. The van der Waals surface area contributed by atoms with Crippen molar-refractivity contribution in [2.24, 2.45) is 0 Å². The molecule has 13 heteroatoms. The number of hydrogen-bond donors (Lipinski definition) is 2. The van der Waals surface area contributed by atoms with Gasteiger partial charge in [0.15, 0.2) is 0 Å². The van der Waals surface area contributed by atoms with E-state index in [9.17, 15) is 19.5 Å². The number of nitrogens with zero attached hydrogens (tertiary/aromatic N) is 6. The van der Waals surface area contributed by atoms with Crippen LogP contribution in [0.1, 0.15) is 35.8 Å². The Labute approximate surface area is 232 Å². The van der Waals surface area contributed by atoms with E-state index in [-0.39, 0.29) is 24.0 Å². The molecule has 11 nitrogen and oxygen atoms in total. The lowest BCUT2D eigenvalue weighted by atomic mass is 9.91. The van der Waals surface area contributed by atoms with Crippen molar-refractivity contribution in [1.29, 1.82) is 0 Å². The Morgan fingerprint density at radius 2 is 1.77 bits per heavy atom. The average molecular weight is 566 g/mol. The molecule has 0 unspecified atom stereocenters. The molecule has 1 aliphatic carbocycles. The number of carboxylic acids is 1. The second-order valence-electron chi connectivity index (χ2n) is 9.85. The Kier molecular flexibility index (Phi) is 5.74. The molecule has 2 N–H and O–H groups in total. The zero-order valence-electron chi connectivity index (χ0n) is 20.5. The van der Waals surface area contributed by atoms with E-state index in [1.807, 2.05) is 24.3 Å². The quantitative estimate of drug-likeness (QED) is 0.348. The lowest BCUT2D eigenvalue weighted by Crippen LogP contribution is -2.46. The number of amides is 2. The van der Waals surface area contributed by atoms with Gasteiger partial charge in [-0.2, -0.15) is 5.10 Å². The fourth-order valence-electron chi connectivity index (χ4n) is 4.93. The van der Waals surface area contributed by atoms with Gasteiger partial charge in [0, 0.05) is 16.5 Å². The number of hydrogen-bond acceptors (Lipinski definition) is 6. The van der Waals surface area contributed by atoms with Crippen LogP contribution in [0.25, 0.3) is 5.69 Å². The molecule has 39 heavy (non-hydrogen) atoms. The lowest BCUT2D eigenvalue weighted by Gasteiger charge is -2.27. The monoisotopic (exact) mass is 565 g/mol. The third-order valence-corrected chi connectivity index (χ3v) is 7.56. The number of aliphatic carboxylic acids is 1. The van der Waals surface area contributed by atoms with Crippen LogP contribution in [0.3, 0.4) is 0 Å². The number of halogens is 2. The zero-order chi connectivity index (χ0) is 27.5. The highest BCUT2D eigenvalue weighted by Crippen LogP contribution is 2.44. The second-order valence-corrected chi connectivity index (χ2v) is 10.7. The molecular weight excluding hydrogens is 545 g/mol. The number of benzene rings is 2. The molecule has 2 aromatic carbocycles. The number of carboxylic acid groups (broad SMARTS) is 1. The fourth-order valence-corrected chi connectivity index (χ4v) is 5.45. The van der Waals surface area contributed by atoms with Gasteiger partial charge in [-0.1, -0.05) is 35.3 Å². The van der Waals surface area contributed by atoms with Crippen LogP contribution < -0.4 is 10.2 Å². The molecule has 1 atom stereocenters. The highest BCUT2D eigenvalue weighted by molar-refractivity contribution is 6.35. The molecule has 2 aromatic heterocycles. The van der Waals surface area contributed by atoms with Gasteiger partial charge < -0.3 is 10.4 Å². The van der Waals surface area contributed by atoms with Crippen molar-refractivity contribution in [3.05, 3.63) is 82.6 Å². The van der Waals surface area contributed by atoms with E-state index in [1.165, 1.54) is 17.4 Å². The summed E-state index contributed by atoms with van der Waals surface area (Å²) >= 11 is 12.5. The maximum Gasteiger partial charge on any atom is 0.329 e. The minimum absolute atomic E-state index is 0.0724. The third-order valence-electron chi connectivity index (χ3n) is 7.12. The van der Waals surface area contributed by atoms with Gasteiger partial charge in [-0.3, -0.25) is 14.2 Å². The summed E-state index contributed by atoms with van der Waals surface area (Å²) in [6, 6.07) is 12.2. The van der Waals surface area contributed by atoms with Crippen LogP contribution in [0, 0.1) is 0 Å². The first-order valence-electron chi connectivity index (χ1n) is 12.0. The number of aromatic nitrogens is 5. The van der Waals surface area contributed by atoms with Gasteiger partial charge in [-0.05, 0) is 55.7 Å². The Balaban J connectivity index is 1.42. The van der Waals surface area contributed by atoms with Crippen molar-refractivity contribution >= 4 is 52.6 Å². The highest BCUT2D eigenvalue weighted by Gasteiger charge is 2.54. The summed E-state index contributed by atoms with van der Waals surface area (Å²) in [5, 5.41) is 17.0. The topological polar surface area (TPSA) is 135 Å². The first-order chi connectivity index (χ1) is 18.6. The second kappa shape index (κ2) is 8.92. The predicted molar refractivity (Wildman–Crippen MR) is 142 cm³/mol.